The molecule has 2 aromatic carbocycles. The van der Waals surface area contributed by atoms with Crippen molar-refractivity contribution in [2.24, 2.45) is 0 Å². The van der Waals surface area contributed by atoms with Crippen LogP contribution < -0.4 is 4.74 Å². The van der Waals surface area contributed by atoms with Crippen LogP contribution >= 0.6 is 11.6 Å². The molecule has 0 amide bonds. The van der Waals surface area contributed by atoms with Crippen molar-refractivity contribution < 1.29 is 14.6 Å². The van der Waals surface area contributed by atoms with Crippen LogP contribution in [0.25, 0.3) is 22.2 Å². The molecular weight excluding hydrogens is 290 g/mol. The van der Waals surface area contributed by atoms with Crippen molar-refractivity contribution in [3.05, 3.63) is 59.6 Å². The Bertz CT molecular complexity index is 815. The minimum atomic E-state index is -1.35. The van der Waals surface area contributed by atoms with Gasteiger partial charge >= 0.3 is 6.16 Å². The lowest BCUT2D eigenvalue weighted by Gasteiger charge is -2.08. The highest BCUT2D eigenvalue weighted by atomic mass is 35.5. The molecule has 3 rings (SSSR count). The number of aromatic nitrogens is 1. The van der Waals surface area contributed by atoms with E-state index in [2.05, 4.69) is 4.98 Å². The van der Waals surface area contributed by atoms with Crippen LogP contribution in [0.5, 0.6) is 5.75 Å². The molecule has 0 unspecified atom stereocenters. The molecule has 0 atom stereocenters. The zero-order chi connectivity index (χ0) is 14.8. The molecule has 3 aromatic rings. The van der Waals surface area contributed by atoms with Gasteiger partial charge in [-0.2, -0.15) is 0 Å². The van der Waals surface area contributed by atoms with Gasteiger partial charge in [0.05, 0.1) is 11.2 Å². The van der Waals surface area contributed by atoms with E-state index in [4.69, 9.17) is 21.4 Å². The van der Waals surface area contributed by atoms with E-state index >= 15 is 0 Å². The summed E-state index contributed by atoms with van der Waals surface area (Å²) >= 11 is 5.87. The van der Waals surface area contributed by atoms with Gasteiger partial charge in [-0.25, -0.2) is 9.78 Å². The monoisotopic (exact) mass is 299 g/mol. The first-order chi connectivity index (χ1) is 10.1. The SMILES string of the molecule is O=C(O)Oc1cc(-c2ccc(Cl)cc2)nc2ccccc12. The topological polar surface area (TPSA) is 59.4 Å². The van der Waals surface area contributed by atoms with Crippen LogP contribution in [0.1, 0.15) is 0 Å². The minimum Gasteiger partial charge on any atom is -0.449 e. The fourth-order valence-electron chi connectivity index (χ4n) is 2.09. The second-order valence-electron chi connectivity index (χ2n) is 4.40. The van der Waals surface area contributed by atoms with Crippen LogP contribution in [-0.4, -0.2) is 16.2 Å². The fourth-order valence-corrected chi connectivity index (χ4v) is 2.22. The standard InChI is InChI=1S/C16H10ClNO3/c17-11-7-5-10(6-8-11)14-9-15(21-16(19)20)12-3-1-2-4-13(12)18-14/h1-9H,(H,19,20). The van der Waals surface area contributed by atoms with Crippen molar-refractivity contribution in [1.82, 2.24) is 4.98 Å². The Morgan fingerprint density at radius 1 is 1.10 bits per heavy atom. The van der Waals surface area contributed by atoms with E-state index in [1.165, 1.54) is 0 Å². The maximum atomic E-state index is 10.8. The first kappa shape index (κ1) is 13.4. The Morgan fingerprint density at radius 3 is 2.52 bits per heavy atom. The van der Waals surface area contributed by atoms with Crippen molar-refractivity contribution in [2.75, 3.05) is 0 Å². The van der Waals surface area contributed by atoms with E-state index in [0.29, 0.717) is 21.6 Å². The van der Waals surface area contributed by atoms with Gasteiger partial charge < -0.3 is 9.84 Å². The number of rotatable bonds is 2. The van der Waals surface area contributed by atoms with Gasteiger partial charge in [0.25, 0.3) is 0 Å². The largest absolute Gasteiger partial charge is 0.511 e. The Kier molecular flexibility index (Phi) is 3.46. The van der Waals surface area contributed by atoms with Crippen LogP contribution in [0.2, 0.25) is 5.02 Å². The average molecular weight is 300 g/mol. The third kappa shape index (κ3) is 2.80. The van der Waals surface area contributed by atoms with Crippen molar-refractivity contribution in [3.63, 3.8) is 0 Å². The van der Waals surface area contributed by atoms with Crippen molar-refractivity contribution in [3.8, 4) is 17.0 Å². The number of carboxylic acid groups (broad SMARTS) is 1. The molecule has 1 aromatic heterocycles. The van der Waals surface area contributed by atoms with Crippen LogP contribution in [-0.2, 0) is 0 Å². The molecule has 0 saturated carbocycles. The quantitative estimate of drug-likeness (QED) is 0.702. The molecule has 0 aliphatic heterocycles. The fraction of sp³-hybridized carbons (Fsp3) is 0. The Hall–Kier alpha value is -2.59. The number of para-hydroxylation sites is 1. The molecule has 0 aliphatic carbocycles. The second-order valence-corrected chi connectivity index (χ2v) is 4.83. The van der Waals surface area contributed by atoms with Gasteiger partial charge in [-0.15, -0.1) is 0 Å². The van der Waals surface area contributed by atoms with E-state index in [1.54, 1.807) is 30.3 Å². The molecule has 4 nitrogen and oxygen atoms in total. The lowest BCUT2D eigenvalue weighted by molar-refractivity contribution is 0.145. The van der Waals surface area contributed by atoms with Gasteiger partial charge in [0, 0.05) is 22.0 Å². The zero-order valence-corrected chi connectivity index (χ0v) is 11.5. The van der Waals surface area contributed by atoms with Gasteiger partial charge in [-0.05, 0) is 24.3 Å². The molecule has 0 radical (unpaired) electrons. The molecule has 0 spiro atoms. The number of nitrogens with zero attached hydrogens (tertiary/aromatic N) is 1. The van der Waals surface area contributed by atoms with Gasteiger partial charge in [-0.1, -0.05) is 35.9 Å². The molecule has 0 aliphatic rings. The van der Waals surface area contributed by atoms with Gasteiger partial charge in [0.15, 0.2) is 0 Å². The number of benzene rings is 2. The third-order valence-electron chi connectivity index (χ3n) is 3.02. The molecule has 1 heterocycles. The second kappa shape index (κ2) is 5.42. The Labute approximate surface area is 125 Å². The molecular formula is C16H10ClNO3. The van der Waals surface area contributed by atoms with Gasteiger partial charge in [-0.3, -0.25) is 0 Å². The smallest absolute Gasteiger partial charge is 0.449 e. The summed E-state index contributed by atoms with van der Waals surface area (Å²) in [6.07, 6.45) is -1.35. The lowest BCUT2D eigenvalue weighted by atomic mass is 10.1. The van der Waals surface area contributed by atoms with E-state index in [-0.39, 0.29) is 5.75 Å². The van der Waals surface area contributed by atoms with Crippen LogP contribution in [0.3, 0.4) is 0 Å². The molecule has 0 fully saturated rings. The Balaban J connectivity index is 2.19. The summed E-state index contributed by atoms with van der Waals surface area (Å²) < 4.78 is 4.86. The maximum Gasteiger partial charge on any atom is 0.511 e. The van der Waals surface area contributed by atoms with Crippen molar-refractivity contribution in [1.29, 1.82) is 0 Å². The highest BCUT2D eigenvalue weighted by Gasteiger charge is 2.11. The summed E-state index contributed by atoms with van der Waals surface area (Å²) in [6.45, 7) is 0. The summed E-state index contributed by atoms with van der Waals surface area (Å²) in [4.78, 5) is 15.4. The number of hydrogen-bond acceptors (Lipinski definition) is 3. The van der Waals surface area contributed by atoms with Crippen LogP contribution in [0, 0.1) is 0 Å². The van der Waals surface area contributed by atoms with Gasteiger partial charge in [0.2, 0.25) is 0 Å². The van der Waals surface area contributed by atoms with Crippen molar-refractivity contribution >= 4 is 28.7 Å². The van der Waals surface area contributed by atoms with Crippen LogP contribution in [0.15, 0.2) is 54.6 Å². The number of hydrogen-bond donors (Lipinski definition) is 1. The predicted octanol–water partition coefficient (Wildman–Crippen LogP) is 4.61. The number of fused-ring (bicyclic) bond motifs is 1. The number of ether oxygens (including phenoxy) is 1. The summed E-state index contributed by atoms with van der Waals surface area (Å²) in [5.41, 5.74) is 2.13. The number of carbonyl (C=O) groups is 1. The maximum absolute atomic E-state index is 10.8. The average Bonchev–Trinajstić information content (AvgIpc) is 2.47. The number of halogens is 1. The third-order valence-corrected chi connectivity index (χ3v) is 3.27. The first-order valence-corrected chi connectivity index (χ1v) is 6.58. The molecule has 0 saturated heterocycles. The summed E-state index contributed by atoms with van der Waals surface area (Å²) in [5.74, 6) is 0.262. The summed E-state index contributed by atoms with van der Waals surface area (Å²) in [6, 6.07) is 16.0. The lowest BCUT2D eigenvalue weighted by Crippen LogP contribution is -2.04. The molecule has 5 heteroatoms. The van der Waals surface area contributed by atoms with E-state index < -0.39 is 6.16 Å². The Morgan fingerprint density at radius 2 is 1.81 bits per heavy atom. The molecule has 21 heavy (non-hydrogen) atoms. The highest BCUT2D eigenvalue weighted by molar-refractivity contribution is 6.30. The molecule has 0 bridgehead atoms. The molecule has 1 N–H and O–H groups in total. The van der Waals surface area contributed by atoms with Crippen molar-refractivity contribution in [2.45, 2.75) is 0 Å². The van der Waals surface area contributed by atoms with E-state index in [0.717, 1.165) is 5.56 Å². The first-order valence-electron chi connectivity index (χ1n) is 6.20. The minimum absolute atomic E-state index is 0.262. The summed E-state index contributed by atoms with van der Waals surface area (Å²) in [7, 11) is 0. The van der Waals surface area contributed by atoms with E-state index in [1.807, 2.05) is 24.3 Å². The molecule has 104 valence electrons. The van der Waals surface area contributed by atoms with Gasteiger partial charge in [0.1, 0.15) is 5.75 Å². The van der Waals surface area contributed by atoms with Crippen LogP contribution in [0.4, 0.5) is 4.79 Å². The summed E-state index contributed by atoms with van der Waals surface area (Å²) in [5, 5.41) is 10.1. The zero-order valence-electron chi connectivity index (χ0n) is 10.8. The van der Waals surface area contributed by atoms with E-state index in [9.17, 15) is 4.79 Å². The predicted molar refractivity (Wildman–Crippen MR) is 80.8 cm³/mol. The number of pyridine rings is 1. The normalized spacial score (nSPS) is 10.5. The highest BCUT2D eigenvalue weighted by Crippen LogP contribution is 2.30.